The van der Waals surface area contributed by atoms with Crippen molar-refractivity contribution >= 4 is 5.69 Å². The second-order valence-electron chi connectivity index (χ2n) is 4.96. The van der Waals surface area contributed by atoms with Gasteiger partial charge in [-0.05, 0) is 6.42 Å². The maximum atomic E-state index is 2.28. The predicted octanol–water partition coefficient (Wildman–Crippen LogP) is 0.405. The molecule has 1 aromatic heterocycles. The molecule has 0 unspecified atom stereocenters. The Morgan fingerprint density at radius 3 is 2.06 bits per heavy atom. The Kier molecular flexibility index (Phi) is 10.0. The summed E-state index contributed by atoms with van der Waals surface area (Å²) >= 11 is 0. The molecule has 0 radical (unpaired) electrons. The van der Waals surface area contributed by atoms with Crippen LogP contribution in [-0.2, 0) is 6.54 Å². The summed E-state index contributed by atoms with van der Waals surface area (Å²) in [5.41, 5.74) is 1.27. The van der Waals surface area contributed by atoms with E-state index in [0.29, 0.717) is 0 Å². The van der Waals surface area contributed by atoms with Crippen molar-refractivity contribution in [2.45, 2.75) is 52.0 Å². The lowest BCUT2D eigenvalue weighted by Crippen LogP contribution is -3.00. The maximum absolute atomic E-state index is 2.28. The highest BCUT2D eigenvalue weighted by Crippen LogP contribution is 2.07. The molecule has 0 amide bonds. The standard InChI is InChI=1S/C15H27N2.BrH/c1-4-5-6-7-8-9-12-17-13-10-15(11-14-17)16(2)3;/h10-11,13-14H,4-9,12H2,1-3H3;1H/q+1;/p-1. The number of nitrogens with zero attached hydrogens (tertiary/aromatic N) is 2. The highest BCUT2D eigenvalue weighted by molar-refractivity contribution is 5.41. The van der Waals surface area contributed by atoms with Crippen molar-refractivity contribution in [3.8, 4) is 0 Å². The van der Waals surface area contributed by atoms with E-state index in [9.17, 15) is 0 Å². The van der Waals surface area contributed by atoms with Crippen molar-refractivity contribution in [2.24, 2.45) is 0 Å². The van der Waals surface area contributed by atoms with Crippen LogP contribution in [-0.4, -0.2) is 14.1 Å². The van der Waals surface area contributed by atoms with Gasteiger partial charge in [0.1, 0.15) is 6.54 Å². The van der Waals surface area contributed by atoms with Gasteiger partial charge in [0.05, 0.1) is 0 Å². The van der Waals surface area contributed by atoms with E-state index in [2.05, 4.69) is 55.0 Å². The van der Waals surface area contributed by atoms with Crippen LogP contribution in [0.1, 0.15) is 45.4 Å². The van der Waals surface area contributed by atoms with Crippen LogP contribution < -0.4 is 26.4 Å². The normalized spacial score (nSPS) is 9.94. The Labute approximate surface area is 123 Å². The van der Waals surface area contributed by atoms with Crippen LogP contribution in [0.4, 0.5) is 5.69 Å². The molecule has 1 aromatic rings. The molecule has 2 nitrogen and oxygen atoms in total. The van der Waals surface area contributed by atoms with Gasteiger partial charge in [0.25, 0.3) is 0 Å². The molecule has 0 aliphatic carbocycles. The number of anilines is 1. The molecular weight excluding hydrogens is 288 g/mol. The van der Waals surface area contributed by atoms with Crippen molar-refractivity contribution < 1.29 is 21.5 Å². The smallest absolute Gasteiger partial charge is 0.170 e. The first-order valence-electron chi connectivity index (χ1n) is 6.90. The highest BCUT2D eigenvalue weighted by Gasteiger charge is 2.01. The van der Waals surface area contributed by atoms with Gasteiger partial charge in [0, 0.05) is 38.3 Å². The minimum absolute atomic E-state index is 0. The average Bonchev–Trinajstić information content (AvgIpc) is 2.34. The molecule has 0 aliphatic heterocycles. The van der Waals surface area contributed by atoms with E-state index in [4.69, 9.17) is 0 Å². The van der Waals surface area contributed by atoms with E-state index in [1.807, 2.05) is 0 Å². The highest BCUT2D eigenvalue weighted by atomic mass is 79.9. The quantitative estimate of drug-likeness (QED) is 0.498. The number of unbranched alkanes of at least 4 members (excludes halogenated alkanes) is 5. The lowest BCUT2D eigenvalue weighted by atomic mass is 10.1. The molecule has 0 bridgehead atoms. The molecule has 0 aromatic carbocycles. The number of aromatic nitrogens is 1. The molecule has 18 heavy (non-hydrogen) atoms. The van der Waals surface area contributed by atoms with Crippen LogP contribution in [0.25, 0.3) is 0 Å². The lowest BCUT2D eigenvalue weighted by molar-refractivity contribution is -0.697. The van der Waals surface area contributed by atoms with Gasteiger partial charge in [0.2, 0.25) is 0 Å². The monoisotopic (exact) mass is 314 g/mol. The summed E-state index contributed by atoms with van der Waals surface area (Å²) in [7, 11) is 4.15. The van der Waals surface area contributed by atoms with Crippen molar-refractivity contribution in [2.75, 3.05) is 19.0 Å². The molecule has 0 saturated heterocycles. The van der Waals surface area contributed by atoms with Crippen LogP contribution >= 0.6 is 0 Å². The number of hydrogen-bond acceptors (Lipinski definition) is 1. The fourth-order valence-corrected chi connectivity index (χ4v) is 1.97. The van der Waals surface area contributed by atoms with Crippen LogP contribution in [0.3, 0.4) is 0 Å². The van der Waals surface area contributed by atoms with E-state index in [-0.39, 0.29) is 17.0 Å². The lowest BCUT2D eigenvalue weighted by Gasteiger charge is -2.10. The van der Waals surface area contributed by atoms with Gasteiger partial charge >= 0.3 is 0 Å². The Bertz CT molecular complexity index is 296. The molecule has 0 fully saturated rings. The van der Waals surface area contributed by atoms with Crippen LogP contribution in [0, 0.1) is 0 Å². The largest absolute Gasteiger partial charge is 1.00 e. The summed E-state index contributed by atoms with van der Waals surface area (Å²) in [6.45, 7) is 3.42. The predicted molar refractivity (Wildman–Crippen MR) is 74.3 cm³/mol. The zero-order valence-corrected chi connectivity index (χ0v) is 13.6. The van der Waals surface area contributed by atoms with Crippen molar-refractivity contribution in [3.05, 3.63) is 24.5 Å². The molecule has 0 spiro atoms. The number of halogens is 1. The molecule has 0 atom stereocenters. The SMILES string of the molecule is CCCCCCCC[n+]1ccc(N(C)C)cc1.[Br-]. The van der Waals surface area contributed by atoms with E-state index < -0.39 is 0 Å². The Hall–Kier alpha value is -0.570. The number of aryl methyl sites for hydroxylation is 1. The molecule has 0 N–H and O–H groups in total. The molecule has 0 saturated carbocycles. The Morgan fingerprint density at radius 1 is 0.944 bits per heavy atom. The van der Waals surface area contributed by atoms with Gasteiger partial charge < -0.3 is 21.9 Å². The molecule has 0 aliphatic rings. The van der Waals surface area contributed by atoms with E-state index in [0.717, 1.165) is 6.54 Å². The van der Waals surface area contributed by atoms with Crippen LogP contribution in [0.15, 0.2) is 24.5 Å². The second kappa shape index (κ2) is 10.4. The molecular formula is C15H27BrN2. The fourth-order valence-electron chi connectivity index (χ4n) is 1.97. The van der Waals surface area contributed by atoms with E-state index in [1.54, 1.807) is 0 Å². The van der Waals surface area contributed by atoms with E-state index >= 15 is 0 Å². The topological polar surface area (TPSA) is 7.12 Å². The third-order valence-electron chi connectivity index (χ3n) is 3.16. The second-order valence-corrected chi connectivity index (χ2v) is 4.96. The Balaban J connectivity index is 0.00000289. The summed E-state index contributed by atoms with van der Waals surface area (Å²) in [4.78, 5) is 2.13. The van der Waals surface area contributed by atoms with Gasteiger partial charge in [0.15, 0.2) is 12.4 Å². The minimum Gasteiger partial charge on any atom is -1.00 e. The van der Waals surface area contributed by atoms with Gasteiger partial charge in [-0.15, -0.1) is 0 Å². The zero-order valence-electron chi connectivity index (χ0n) is 12.0. The van der Waals surface area contributed by atoms with Crippen molar-refractivity contribution in [3.63, 3.8) is 0 Å². The summed E-state index contributed by atoms with van der Waals surface area (Å²) in [5, 5.41) is 0. The minimum atomic E-state index is 0. The van der Waals surface area contributed by atoms with E-state index in [1.165, 1.54) is 44.2 Å². The molecule has 3 heteroatoms. The third kappa shape index (κ3) is 7.00. The average molecular weight is 315 g/mol. The van der Waals surface area contributed by atoms with Gasteiger partial charge in [-0.2, -0.15) is 0 Å². The first-order chi connectivity index (χ1) is 8.24. The summed E-state index contributed by atoms with van der Waals surface area (Å²) < 4.78 is 2.28. The third-order valence-corrected chi connectivity index (χ3v) is 3.16. The van der Waals surface area contributed by atoms with Crippen LogP contribution in [0.5, 0.6) is 0 Å². The summed E-state index contributed by atoms with van der Waals surface area (Å²) in [6.07, 6.45) is 12.6. The van der Waals surface area contributed by atoms with Gasteiger partial charge in [-0.3, -0.25) is 0 Å². The first-order valence-corrected chi connectivity index (χ1v) is 6.90. The first kappa shape index (κ1) is 17.4. The summed E-state index contributed by atoms with van der Waals surface area (Å²) in [5.74, 6) is 0. The molecule has 1 heterocycles. The van der Waals surface area contributed by atoms with Crippen molar-refractivity contribution in [1.29, 1.82) is 0 Å². The zero-order chi connectivity index (χ0) is 12.5. The van der Waals surface area contributed by atoms with Crippen LogP contribution in [0.2, 0.25) is 0 Å². The fraction of sp³-hybridized carbons (Fsp3) is 0.667. The van der Waals surface area contributed by atoms with Gasteiger partial charge in [-0.25, -0.2) is 4.57 Å². The maximum Gasteiger partial charge on any atom is 0.170 e. The Morgan fingerprint density at radius 2 is 1.50 bits per heavy atom. The van der Waals surface area contributed by atoms with Gasteiger partial charge in [-0.1, -0.05) is 32.6 Å². The molecule has 104 valence electrons. The molecule has 1 rings (SSSR count). The number of pyridine rings is 1. The van der Waals surface area contributed by atoms with Crippen molar-refractivity contribution in [1.82, 2.24) is 0 Å². The number of rotatable bonds is 8. The number of hydrogen-bond donors (Lipinski definition) is 0. The summed E-state index contributed by atoms with van der Waals surface area (Å²) in [6, 6.07) is 4.36.